The molecule has 0 bridgehead atoms. The Bertz CT molecular complexity index is 1230. The normalized spacial score (nSPS) is 12.5. The van der Waals surface area contributed by atoms with E-state index in [1.54, 1.807) is 85.0 Å². The van der Waals surface area contributed by atoms with Crippen molar-refractivity contribution >= 4 is 35.7 Å². The quantitative estimate of drug-likeness (QED) is 0.352. The maximum absolute atomic E-state index is 11.5. The minimum Gasteiger partial charge on any atom is -0.211 e. The van der Waals surface area contributed by atoms with Gasteiger partial charge in [-0.05, 0) is 17.7 Å². The summed E-state index contributed by atoms with van der Waals surface area (Å²) in [5.41, 5.74) is 2.05. The smallest absolute Gasteiger partial charge is 0.211 e. The number of nitrogens with zero attached hydrogens (tertiary/aromatic N) is 4. The monoisotopic (exact) mass is 436 g/mol. The van der Waals surface area contributed by atoms with Crippen LogP contribution in [0.15, 0.2) is 98.8 Å². The molecule has 0 amide bonds. The van der Waals surface area contributed by atoms with Gasteiger partial charge < -0.3 is 0 Å². The molecule has 3 aromatic rings. The van der Waals surface area contributed by atoms with E-state index in [9.17, 15) is 19.2 Å². The Hall–Kier alpha value is -4.82. The zero-order valence-corrected chi connectivity index (χ0v) is 17.2. The average Bonchev–Trinajstić information content (AvgIpc) is 2.85. The molecule has 8 nitrogen and oxygen atoms in total. The molecule has 160 valence electrons. The first-order valence-electron chi connectivity index (χ1n) is 9.77. The molecule has 0 saturated carbocycles. The summed E-state index contributed by atoms with van der Waals surface area (Å²) >= 11 is 0. The van der Waals surface area contributed by atoms with Gasteiger partial charge in [-0.2, -0.15) is 20.0 Å². The highest BCUT2D eigenvalue weighted by atomic mass is 16.1. The van der Waals surface area contributed by atoms with Crippen molar-refractivity contribution in [3.8, 4) is 0 Å². The lowest BCUT2D eigenvalue weighted by Gasteiger charge is -2.30. The van der Waals surface area contributed by atoms with Gasteiger partial charge in [-0.25, -0.2) is 19.2 Å². The second kappa shape index (κ2) is 11.5. The topological polar surface area (TPSA) is 118 Å². The Morgan fingerprint density at radius 1 is 0.515 bits per heavy atom. The van der Waals surface area contributed by atoms with E-state index in [0.717, 1.165) is 0 Å². The van der Waals surface area contributed by atoms with Crippen LogP contribution in [-0.4, -0.2) is 24.3 Å². The van der Waals surface area contributed by atoms with Crippen molar-refractivity contribution in [2.75, 3.05) is 0 Å². The lowest BCUT2D eigenvalue weighted by molar-refractivity contribution is 0.463. The maximum Gasteiger partial charge on any atom is 0.240 e. The standard InChI is InChI=1S/C25H16N4O4/c30-14-26-21-12-6-4-10-19(21)24(28-16-32)23(18-8-2-1-3-9-18)25(29-17-33)20-11-5-7-13-22(20)27-15-31/h1-13,23-25H. The van der Waals surface area contributed by atoms with Gasteiger partial charge in [-0.1, -0.05) is 66.7 Å². The van der Waals surface area contributed by atoms with Crippen LogP contribution in [0.2, 0.25) is 0 Å². The summed E-state index contributed by atoms with van der Waals surface area (Å²) in [4.78, 5) is 60.5. The molecule has 2 unspecified atom stereocenters. The van der Waals surface area contributed by atoms with E-state index >= 15 is 0 Å². The minimum absolute atomic E-state index is 0.255. The molecule has 0 aromatic heterocycles. The fourth-order valence-corrected chi connectivity index (χ4v) is 3.79. The highest BCUT2D eigenvalue weighted by Crippen LogP contribution is 2.48. The van der Waals surface area contributed by atoms with Crippen molar-refractivity contribution in [2.24, 2.45) is 20.0 Å². The Morgan fingerprint density at radius 3 is 1.36 bits per heavy atom. The first-order chi connectivity index (χ1) is 16.2. The maximum atomic E-state index is 11.5. The lowest BCUT2D eigenvalue weighted by Crippen LogP contribution is -2.18. The molecule has 0 N–H and O–H groups in total. The van der Waals surface area contributed by atoms with Crippen LogP contribution in [0.4, 0.5) is 11.4 Å². The molecule has 33 heavy (non-hydrogen) atoms. The van der Waals surface area contributed by atoms with Gasteiger partial charge in [-0.3, -0.25) is 0 Å². The number of carbonyl (C=O) groups excluding carboxylic acids is 4. The van der Waals surface area contributed by atoms with Crippen LogP contribution in [0.3, 0.4) is 0 Å². The molecule has 8 heteroatoms. The summed E-state index contributed by atoms with van der Waals surface area (Å²) in [5.74, 6) is -0.750. The Kier molecular flexibility index (Phi) is 7.99. The largest absolute Gasteiger partial charge is 0.240 e. The molecule has 0 saturated heterocycles. The Morgan fingerprint density at radius 2 is 0.939 bits per heavy atom. The third kappa shape index (κ3) is 5.27. The van der Waals surface area contributed by atoms with Crippen LogP contribution in [-0.2, 0) is 19.2 Å². The predicted molar refractivity (Wildman–Crippen MR) is 119 cm³/mol. The summed E-state index contributed by atoms with van der Waals surface area (Å²) < 4.78 is 0. The van der Waals surface area contributed by atoms with Gasteiger partial charge in [0.1, 0.15) is 0 Å². The molecule has 0 heterocycles. The zero-order valence-electron chi connectivity index (χ0n) is 17.2. The number of hydrogen-bond donors (Lipinski definition) is 0. The van der Waals surface area contributed by atoms with Crippen LogP contribution in [0, 0.1) is 0 Å². The van der Waals surface area contributed by atoms with E-state index in [1.807, 2.05) is 6.07 Å². The van der Waals surface area contributed by atoms with Crippen molar-refractivity contribution in [3.05, 3.63) is 95.6 Å². The second-order valence-electron chi connectivity index (χ2n) is 6.79. The van der Waals surface area contributed by atoms with E-state index in [-0.39, 0.29) is 11.4 Å². The summed E-state index contributed by atoms with van der Waals surface area (Å²) in [7, 11) is 0. The van der Waals surface area contributed by atoms with Crippen LogP contribution in [0.5, 0.6) is 0 Å². The van der Waals surface area contributed by atoms with Gasteiger partial charge in [0, 0.05) is 17.0 Å². The fourth-order valence-electron chi connectivity index (χ4n) is 3.79. The highest BCUT2D eigenvalue weighted by molar-refractivity contribution is 5.59. The average molecular weight is 436 g/mol. The van der Waals surface area contributed by atoms with Crippen LogP contribution in [0.25, 0.3) is 0 Å². The summed E-state index contributed by atoms with van der Waals surface area (Å²) in [6.07, 6.45) is 6.17. The van der Waals surface area contributed by atoms with Crippen LogP contribution >= 0.6 is 0 Å². The van der Waals surface area contributed by atoms with E-state index in [1.165, 1.54) is 12.2 Å². The van der Waals surface area contributed by atoms with Gasteiger partial charge >= 0.3 is 0 Å². The third-order valence-electron chi connectivity index (χ3n) is 5.09. The highest BCUT2D eigenvalue weighted by Gasteiger charge is 2.36. The Labute approximate surface area is 188 Å². The SMILES string of the molecule is O=C=Nc1ccccc1C(N=C=O)C(c1ccccc1)C(N=C=O)c1ccccc1N=C=O. The number of benzene rings is 3. The predicted octanol–water partition coefficient (Wildman–Crippen LogP) is 4.86. The first kappa shape index (κ1) is 22.9. The molecular formula is C25H16N4O4. The van der Waals surface area contributed by atoms with E-state index in [0.29, 0.717) is 16.7 Å². The number of para-hydroxylation sites is 2. The molecule has 0 fully saturated rings. The summed E-state index contributed by atoms with van der Waals surface area (Å²) in [5, 5.41) is 0. The van der Waals surface area contributed by atoms with Crippen molar-refractivity contribution in [3.63, 3.8) is 0 Å². The molecule has 0 aliphatic carbocycles. The summed E-state index contributed by atoms with van der Waals surface area (Å²) in [6, 6.07) is 20.3. The Balaban J connectivity index is 2.35. The van der Waals surface area contributed by atoms with E-state index < -0.39 is 18.0 Å². The summed E-state index contributed by atoms with van der Waals surface area (Å²) in [6.45, 7) is 0. The van der Waals surface area contributed by atoms with Crippen molar-refractivity contribution in [1.29, 1.82) is 0 Å². The first-order valence-corrected chi connectivity index (χ1v) is 9.77. The zero-order chi connectivity index (χ0) is 23.5. The van der Waals surface area contributed by atoms with E-state index in [4.69, 9.17) is 0 Å². The fraction of sp³-hybridized carbons (Fsp3) is 0.120. The minimum atomic E-state index is -0.950. The van der Waals surface area contributed by atoms with Crippen molar-refractivity contribution in [1.82, 2.24) is 0 Å². The molecule has 2 atom stereocenters. The number of aliphatic imine (C=N–C) groups is 4. The van der Waals surface area contributed by atoms with Crippen LogP contribution < -0.4 is 0 Å². The molecular weight excluding hydrogens is 420 g/mol. The van der Waals surface area contributed by atoms with Gasteiger partial charge in [0.2, 0.25) is 24.3 Å². The number of hydrogen-bond acceptors (Lipinski definition) is 8. The number of isocyanates is 4. The van der Waals surface area contributed by atoms with Crippen molar-refractivity contribution < 1.29 is 19.2 Å². The third-order valence-corrected chi connectivity index (χ3v) is 5.09. The molecule has 3 rings (SSSR count). The van der Waals surface area contributed by atoms with Crippen LogP contribution in [0.1, 0.15) is 34.7 Å². The lowest BCUT2D eigenvalue weighted by atomic mass is 9.78. The van der Waals surface area contributed by atoms with E-state index in [2.05, 4.69) is 20.0 Å². The van der Waals surface area contributed by atoms with Gasteiger partial charge in [-0.15, -0.1) is 0 Å². The molecule has 0 radical (unpaired) electrons. The molecule has 0 aliphatic rings. The molecule has 3 aromatic carbocycles. The van der Waals surface area contributed by atoms with Crippen molar-refractivity contribution in [2.45, 2.75) is 18.0 Å². The van der Waals surface area contributed by atoms with Gasteiger partial charge in [0.05, 0.1) is 23.5 Å². The van der Waals surface area contributed by atoms with Gasteiger partial charge in [0.15, 0.2) is 0 Å². The van der Waals surface area contributed by atoms with Gasteiger partial charge in [0.25, 0.3) is 0 Å². The molecule has 0 spiro atoms. The second-order valence-corrected chi connectivity index (χ2v) is 6.79. The molecule has 0 aliphatic heterocycles. The number of rotatable bonds is 9.